The molecular formula is C15H10BrF5N2O. The van der Waals surface area contributed by atoms with E-state index in [1.54, 1.807) is 6.92 Å². The zero-order chi connectivity index (χ0) is 18.1. The number of hydrogen-bond donors (Lipinski definition) is 2. The van der Waals surface area contributed by atoms with Crippen LogP contribution in [0, 0.1) is 18.6 Å². The summed E-state index contributed by atoms with van der Waals surface area (Å²) in [4.78, 5) is 11.8. The number of amides is 2. The minimum Gasteiger partial charge on any atom is -0.305 e. The lowest BCUT2D eigenvalue weighted by molar-refractivity contribution is -0.137. The van der Waals surface area contributed by atoms with E-state index in [4.69, 9.17) is 0 Å². The van der Waals surface area contributed by atoms with E-state index in [1.165, 1.54) is 6.07 Å². The Labute approximate surface area is 142 Å². The number of carbonyl (C=O) groups excluding carboxylic acids is 1. The van der Waals surface area contributed by atoms with Crippen molar-refractivity contribution < 1.29 is 26.7 Å². The molecule has 2 amide bonds. The molecular weight excluding hydrogens is 399 g/mol. The quantitative estimate of drug-likeness (QED) is 0.614. The average Bonchev–Trinajstić information content (AvgIpc) is 2.46. The molecule has 2 rings (SSSR count). The number of benzene rings is 2. The second kappa shape index (κ2) is 6.76. The van der Waals surface area contributed by atoms with Gasteiger partial charge in [-0.3, -0.25) is 0 Å². The fraction of sp³-hybridized carbons (Fsp3) is 0.133. The van der Waals surface area contributed by atoms with Crippen molar-refractivity contribution in [2.75, 3.05) is 10.6 Å². The van der Waals surface area contributed by atoms with Crippen LogP contribution in [0.3, 0.4) is 0 Å². The van der Waals surface area contributed by atoms with Crippen molar-refractivity contribution >= 4 is 33.3 Å². The monoisotopic (exact) mass is 408 g/mol. The third-order valence-corrected chi connectivity index (χ3v) is 3.89. The maximum atomic E-state index is 13.7. The van der Waals surface area contributed by atoms with Crippen molar-refractivity contribution in [3.8, 4) is 0 Å². The molecule has 9 heteroatoms. The van der Waals surface area contributed by atoms with E-state index in [-0.39, 0.29) is 5.69 Å². The molecule has 0 aliphatic rings. The first-order valence-electron chi connectivity index (χ1n) is 6.48. The SMILES string of the molecule is Cc1cc(NC(=O)Nc2cc(C(F)(F)F)ccc2F)c(F)cc1Br. The molecule has 2 N–H and O–H groups in total. The summed E-state index contributed by atoms with van der Waals surface area (Å²) < 4.78 is 65.6. The minimum atomic E-state index is -4.68. The lowest BCUT2D eigenvalue weighted by Crippen LogP contribution is -2.21. The first kappa shape index (κ1) is 18.2. The number of halogens is 6. The molecule has 0 aliphatic heterocycles. The molecule has 0 aromatic heterocycles. The predicted molar refractivity (Wildman–Crippen MR) is 82.9 cm³/mol. The van der Waals surface area contributed by atoms with Crippen LogP contribution in [-0.4, -0.2) is 6.03 Å². The van der Waals surface area contributed by atoms with Crippen molar-refractivity contribution in [2.24, 2.45) is 0 Å². The van der Waals surface area contributed by atoms with E-state index in [9.17, 15) is 26.7 Å². The largest absolute Gasteiger partial charge is 0.416 e. The highest BCUT2D eigenvalue weighted by Crippen LogP contribution is 2.32. The minimum absolute atomic E-state index is 0.194. The molecule has 0 aliphatic carbocycles. The normalized spacial score (nSPS) is 11.3. The second-order valence-electron chi connectivity index (χ2n) is 4.85. The number of urea groups is 1. The van der Waals surface area contributed by atoms with E-state index in [1.807, 2.05) is 5.32 Å². The third kappa shape index (κ3) is 4.22. The summed E-state index contributed by atoms with van der Waals surface area (Å²) in [5, 5.41) is 4.05. The maximum absolute atomic E-state index is 13.7. The fourth-order valence-corrected chi connectivity index (χ4v) is 2.14. The Morgan fingerprint density at radius 1 is 1.00 bits per heavy atom. The number of alkyl halides is 3. The molecule has 0 spiro atoms. The second-order valence-corrected chi connectivity index (χ2v) is 5.71. The summed E-state index contributed by atoms with van der Waals surface area (Å²) >= 11 is 3.11. The molecule has 2 aromatic carbocycles. The molecule has 128 valence electrons. The summed E-state index contributed by atoms with van der Waals surface area (Å²) in [5.74, 6) is -1.81. The van der Waals surface area contributed by atoms with E-state index in [0.29, 0.717) is 28.2 Å². The molecule has 0 saturated heterocycles. The van der Waals surface area contributed by atoms with Crippen molar-refractivity contribution in [2.45, 2.75) is 13.1 Å². The Bertz CT molecular complexity index is 792. The Morgan fingerprint density at radius 2 is 1.58 bits per heavy atom. The fourth-order valence-electron chi connectivity index (χ4n) is 1.83. The van der Waals surface area contributed by atoms with E-state index >= 15 is 0 Å². The Kier molecular flexibility index (Phi) is 5.12. The summed E-state index contributed by atoms with van der Waals surface area (Å²) in [6.07, 6.45) is -4.68. The van der Waals surface area contributed by atoms with Crippen LogP contribution in [0.15, 0.2) is 34.8 Å². The van der Waals surface area contributed by atoms with Crippen LogP contribution in [0.4, 0.5) is 38.1 Å². The van der Waals surface area contributed by atoms with Crippen molar-refractivity contribution in [3.05, 3.63) is 57.6 Å². The van der Waals surface area contributed by atoms with Gasteiger partial charge in [0.15, 0.2) is 0 Å². The molecule has 0 fully saturated rings. The molecule has 0 radical (unpaired) electrons. The number of nitrogens with one attached hydrogen (secondary N) is 2. The highest BCUT2D eigenvalue weighted by Gasteiger charge is 2.31. The van der Waals surface area contributed by atoms with Gasteiger partial charge < -0.3 is 10.6 Å². The lowest BCUT2D eigenvalue weighted by atomic mass is 10.2. The molecule has 0 atom stereocenters. The van der Waals surface area contributed by atoms with Crippen molar-refractivity contribution in [1.82, 2.24) is 0 Å². The number of anilines is 2. The highest BCUT2D eigenvalue weighted by atomic mass is 79.9. The number of hydrogen-bond acceptors (Lipinski definition) is 1. The van der Waals surface area contributed by atoms with Gasteiger partial charge in [0.2, 0.25) is 0 Å². The van der Waals surface area contributed by atoms with Gasteiger partial charge in [0.05, 0.1) is 16.9 Å². The number of carbonyl (C=O) groups is 1. The van der Waals surface area contributed by atoms with Crippen LogP contribution < -0.4 is 10.6 Å². The standard InChI is InChI=1S/C15H10BrF5N2O/c1-7-4-12(11(18)6-9(7)16)22-14(24)23-13-5-8(15(19,20)21)2-3-10(13)17/h2-6H,1H3,(H2,22,23,24). The topological polar surface area (TPSA) is 41.1 Å². The van der Waals surface area contributed by atoms with Gasteiger partial charge >= 0.3 is 12.2 Å². The van der Waals surface area contributed by atoms with Gasteiger partial charge in [0, 0.05) is 4.47 Å². The zero-order valence-corrected chi connectivity index (χ0v) is 13.6. The lowest BCUT2D eigenvalue weighted by Gasteiger charge is -2.12. The third-order valence-electron chi connectivity index (χ3n) is 3.04. The summed E-state index contributed by atoms with van der Waals surface area (Å²) in [7, 11) is 0. The average molecular weight is 409 g/mol. The smallest absolute Gasteiger partial charge is 0.305 e. The first-order chi connectivity index (χ1) is 11.1. The molecule has 24 heavy (non-hydrogen) atoms. The van der Waals surface area contributed by atoms with Crippen LogP contribution in [0.2, 0.25) is 0 Å². The molecule has 0 bridgehead atoms. The van der Waals surface area contributed by atoms with Gasteiger partial charge in [-0.15, -0.1) is 0 Å². The number of rotatable bonds is 2. The predicted octanol–water partition coefficient (Wildman–Crippen LogP) is 5.70. The molecule has 0 heterocycles. The Hall–Kier alpha value is -2.16. The van der Waals surface area contributed by atoms with Gasteiger partial charge in [-0.2, -0.15) is 13.2 Å². The Balaban J connectivity index is 2.20. The first-order valence-corrected chi connectivity index (χ1v) is 7.27. The van der Waals surface area contributed by atoms with Crippen LogP contribution in [0.25, 0.3) is 0 Å². The van der Waals surface area contributed by atoms with Gasteiger partial charge in [-0.05, 0) is 42.8 Å². The molecule has 2 aromatic rings. The maximum Gasteiger partial charge on any atom is 0.416 e. The zero-order valence-electron chi connectivity index (χ0n) is 12.1. The van der Waals surface area contributed by atoms with Crippen LogP contribution in [0.1, 0.15) is 11.1 Å². The van der Waals surface area contributed by atoms with Crippen LogP contribution in [0.5, 0.6) is 0 Å². The summed E-state index contributed by atoms with van der Waals surface area (Å²) in [5.41, 5.74) is -1.36. The molecule has 3 nitrogen and oxygen atoms in total. The van der Waals surface area contributed by atoms with E-state index < -0.39 is 35.1 Å². The van der Waals surface area contributed by atoms with Crippen LogP contribution >= 0.6 is 15.9 Å². The molecule has 0 unspecified atom stereocenters. The van der Waals surface area contributed by atoms with Crippen molar-refractivity contribution in [3.63, 3.8) is 0 Å². The van der Waals surface area contributed by atoms with Gasteiger partial charge in [-0.25, -0.2) is 13.6 Å². The van der Waals surface area contributed by atoms with E-state index in [0.717, 1.165) is 6.07 Å². The highest BCUT2D eigenvalue weighted by molar-refractivity contribution is 9.10. The van der Waals surface area contributed by atoms with Gasteiger partial charge in [-0.1, -0.05) is 15.9 Å². The molecule has 0 saturated carbocycles. The van der Waals surface area contributed by atoms with Gasteiger partial charge in [0.1, 0.15) is 11.6 Å². The summed E-state index contributed by atoms with van der Waals surface area (Å²) in [6.45, 7) is 1.65. The van der Waals surface area contributed by atoms with Gasteiger partial charge in [0.25, 0.3) is 0 Å². The number of aryl methyl sites for hydroxylation is 1. The van der Waals surface area contributed by atoms with Crippen LogP contribution in [-0.2, 0) is 6.18 Å². The van der Waals surface area contributed by atoms with E-state index in [2.05, 4.69) is 21.2 Å². The Morgan fingerprint density at radius 3 is 2.17 bits per heavy atom. The van der Waals surface area contributed by atoms with Crippen molar-refractivity contribution in [1.29, 1.82) is 0 Å². The summed E-state index contributed by atoms with van der Waals surface area (Å²) in [6, 6.07) is 2.96.